The standard InChI is InChI=1S/C22H16F3N3O2S/c23-22(24,25)30-16-5-3-4-14(12-16)8-11-21-27-18-10-9-15(13-19(18)28-21)17-6-1-2-7-20(17)31(26)29/h1-13H,26H2,(H,27,28)/b11-8+. The Balaban J connectivity index is 1.61. The molecule has 31 heavy (non-hydrogen) atoms. The number of nitrogens with zero attached hydrogens (tertiary/aromatic N) is 1. The van der Waals surface area contributed by atoms with Crippen LogP contribution in [-0.2, 0) is 11.0 Å². The highest BCUT2D eigenvalue weighted by Crippen LogP contribution is 2.28. The van der Waals surface area contributed by atoms with Gasteiger partial charge in [0.05, 0.1) is 15.9 Å². The Kier molecular flexibility index (Phi) is 5.62. The van der Waals surface area contributed by atoms with Gasteiger partial charge in [0, 0.05) is 0 Å². The third-order valence-corrected chi connectivity index (χ3v) is 5.23. The van der Waals surface area contributed by atoms with Crippen LogP contribution in [0.1, 0.15) is 11.4 Å². The van der Waals surface area contributed by atoms with E-state index < -0.39 is 17.3 Å². The van der Waals surface area contributed by atoms with Gasteiger partial charge in [-0.1, -0.05) is 42.5 Å². The minimum atomic E-state index is -4.74. The number of nitrogens with two attached hydrogens (primary N) is 1. The first-order valence-corrected chi connectivity index (χ1v) is 10.3. The van der Waals surface area contributed by atoms with Crippen molar-refractivity contribution in [2.45, 2.75) is 11.3 Å². The van der Waals surface area contributed by atoms with Crippen molar-refractivity contribution in [3.63, 3.8) is 0 Å². The zero-order valence-corrected chi connectivity index (χ0v) is 16.7. The third kappa shape index (κ3) is 5.01. The van der Waals surface area contributed by atoms with Gasteiger partial charge in [-0.3, -0.25) is 0 Å². The van der Waals surface area contributed by atoms with E-state index in [1.165, 1.54) is 18.2 Å². The Morgan fingerprint density at radius 3 is 2.58 bits per heavy atom. The zero-order chi connectivity index (χ0) is 22.0. The summed E-state index contributed by atoms with van der Waals surface area (Å²) in [5.41, 5.74) is 3.59. The Hall–Kier alpha value is -3.43. The van der Waals surface area contributed by atoms with Gasteiger partial charge >= 0.3 is 6.36 Å². The second-order valence-corrected chi connectivity index (χ2v) is 7.64. The Labute approximate surface area is 178 Å². The van der Waals surface area contributed by atoms with E-state index in [9.17, 15) is 17.4 Å². The largest absolute Gasteiger partial charge is 0.573 e. The van der Waals surface area contributed by atoms with Crippen molar-refractivity contribution in [3.05, 3.63) is 78.1 Å². The van der Waals surface area contributed by atoms with Crippen LogP contribution in [0.5, 0.6) is 5.75 Å². The summed E-state index contributed by atoms with van der Waals surface area (Å²) < 4.78 is 52.9. The number of nitrogens with one attached hydrogen (secondary N) is 1. The molecule has 0 saturated heterocycles. The number of imidazole rings is 1. The van der Waals surface area contributed by atoms with Gasteiger partial charge in [-0.15, -0.1) is 13.2 Å². The van der Waals surface area contributed by atoms with Crippen LogP contribution in [0.25, 0.3) is 34.3 Å². The van der Waals surface area contributed by atoms with E-state index in [0.29, 0.717) is 21.8 Å². The molecule has 1 aromatic heterocycles. The number of fused-ring (bicyclic) bond motifs is 1. The number of benzene rings is 3. The summed E-state index contributed by atoms with van der Waals surface area (Å²) in [5.74, 6) is 0.241. The lowest BCUT2D eigenvalue weighted by atomic mass is 10.1. The molecule has 0 bridgehead atoms. The van der Waals surface area contributed by atoms with Gasteiger partial charge in [0.2, 0.25) is 0 Å². The fourth-order valence-electron chi connectivity index (χ4n) is 3.15. The molecule has 0 aliphatic carbocycles. The summed E-state index contributed by atoms with van der Waals surface area (Å²) in [6.45, 7) is 0. The molecular weight excluding hydrogens is 427 g/mol. The van der Waals surface area contributed by atoms with Crippen LogP contribution in [0.15, 0.2) is 71.6 Å². The van der Waals surface area contributed by atoms with Crippen LogP contribution in [0, 0.1) is 0 Å². The molecule has 0 amide bonds. The lowest BCUT2D eigenvalue weighted by Crippen LogP contribution is -2.17. The molecule has 4 rings (SSSR count). The normalized spacial score (nSPS) is 13.0. The fourth-order valence-corrected chi connectivity index (χ4v) is 3.76. The smallest absolute Gasteiger partial charge is 0.406 e. The van der Waals surface area contributed by atoms with Crippen molar-refractivity contribution in [1.82, 2.24) is 9.97 Å². The van der Waals surface area contributed by atoms with Gasteiger partial charge in [0.25, 0.3) is 0 Å². The van der Waals surface area contributed by atoms with Gasteiger partial charge in [0.15, 0.2) is 0 Å². The van der Waals surface area contributed by atoms with Gasteiger partial charge in [-0.05, 0) is 53.1 Å². The fraction of sp³-hybridized carbons (Fsp3) is 0.0455. The zero-order valence-electron chi connectivity index (χ0n) is 15.9. The summed E-state index contributed by atoms with van der Waals surface area (Å²) in [5, 5.41) is 5.58. The molecule has 1 heterocycles. The number of aromatic nitrogens is 2. The average molecular weight is 443 g/mol. The Morgan fingerprint density at radius 1 is 1.00 bits per heavy atom. The molecule has 0 radical (unpaired) electrons. The second kappa shape index (κ2) is 8.37. The minimum Gasteiger partial charge on any atom is -0.406 e. The summed E-state index contributed by atoms with van der Waals surface area (Å²) in [6.07, 6.45) is -1.45. The average Bonchev–Trinajstić information content (AvgIpc) is 3.13. The summed E-state index contributed by atoms with van der Waals surface area (Å²) >= 11 is 0. The predicted octanol–water partition coefficient (Wildman–Crippen LogP) is 5.28. The SMILES string of the molecule is NS(=O)c1ccccc1-c1ccc2nc(/C=C/c3cccc(OC(F)(F)F)c3)[nH]c2c1. The van der Waals surface area contributed by atoms with Gasteiger partial charge in [0.1, 0.15) is 22.6 Å². The highest BCUT2D eigenvalue weighted by Gasteiger charge is 2.31. The van der Waals surface area contributed by atoms with Crippen LogP contribution in [-0.4, -0.2) is 20.5 Å². The number of alkyl halides is 3. The van der Waals surface area contributed by atoms with Crippen molar-refractivity contribution in [1.29, 1.82) is 0 Å². The van der Waals surface area contributed by atoms with Crippen LogP contribution in [0.2, 0.25) is 0 Å². The van der Waals surface area contributed by atoms with Crippen molar-refractivity contribution < 1.29 is 22.1 Å². The third-order valence-electron chi connectivity index (χ3n) is 4.44. The van der Waals surface area contributed by atoms with E-state index >= 15 is 0 Å². The first-order chi connectivity index (χ1) is 14.8. The van der Waals surface area contributed by atoms with E-state index in [1.807, 2.05) is 30.3 Å². The van der Waals surface area contributed by atoms with Crippen molar-refractivity contribution in [2.24, 2.45) is 5.14 Å². The van der Waals surface area contributed by atoms with Crippen molar-refractivity contribution >= 4 is 34.2 Å². The summed E-state index contributed by atoms with van der Waals surface area (Å²) in [6, 6.07) is 18.4. The highest BCUT2D eigenvalue weighted by atomic mass is 32.2. The molecular formula is C22H16F3N3O2S. The Bertz CT molecular complexity index is 1300. The highest BCUT2D eigenvalue weighted by molar-refractivity contribution is 7.82. The molecule has 3 aromatic carbocycles. The van der Waals surface area contributed by atoms with Gasteiger partial charge in [-0.25, -0.2) is 14.3 Å². The van der Waals surface area contributed by atoms with Gasteiger partial charge < -0.3 is 9.72 Å². The molecule has 0 spiro atoms. The van der Waals surface area contributed by atoms with E-state index in [4.69, 9.17) is 5.14 Å². The number of aromatic amines is 1. The number of ether oxygens (including phenoxy) is 1. The molecule has 5 nitrogen and oxygen atoms in total. The maximum Gasteiger partial charge on any atom is 0.573 e. The molecule has 0 saturated carbocycles. The molecule has 3 N–H and O–H groups in total. The van der Waals surface area contributed by atoms with E-state index in [-0.39, 0.29) is 5.75 Å². The first kappa shape index (κ1) is 20.8. The summed E-state index contributed by atoms with van der Waals surface area (Å²) in [7, 11) is -1.62. The number of hydrogen-bond acceptors (Lipinski definition) is 3. The molecule has 158 valence electrons. The van der Waals surface area contributed by atoms with Gasteiger partial charge in [-0.2, -0.15) is 0 Å². The van der Waals surface area contributed by atoms with Crippen LogP contribution in [0.4, 0.5) is 13.2 Å². The minimum absolute atomic E-state index is 0.292. The maximum atomic E-state index is 12.4. The number of hydrogen-bond donors (Lipinski definition) is 2. The summed E-state index contributed by atoms with van der Waals surface area (Å²) in [4.78, 5) is 8.15. The molecule has 0 aliphatic rings. The molecule has 0 aliphatic heterocycles. The number of rotatable bonds is 5. The lowest BCUT2D eigenvalue weighted by Gasteiger charge is -2.08. The van der Waals surface area contributed by atoms with Crippen molar-refractivity contribution in [2.75, 3.05) is 0 Å². The molecule has 1 unspecified atom stereocenters. The maximum absolute atomic E-state index is 12.4. The number of halogens is 3. The molecule has 0 fully saturated rings. The molecule has 1 atom stereocenters. The topological polar surface area (TPSA) is 81.0 Å². The lowest BCUT2D eigenvalue weighted by molar-refractivity contribution is -0.274. The molecule has 9 heteroatoms. The predicted molar refractivity (Wildman–Crippen MR) is 114 cm³/mol. The van der Waals surface area contributed by atoms with E-state index in [0.717, 1.165) is 16.6 Å². The van der Waals surface area contributed by atoms with Crippen LogP contribution in [0.3, 0.4) is 0 Å². The molecule has 4 aromatic rings. The van der Waals surface area contributed by atoms with Crippen LogP contribution < -0.4 is 9.88 Å². The van der Waals surface area contributed by atoms with E-state index in [2.05, 4.69) is 14.7 Å². The second-order valence-electron chi connectivity index (χ2n) is 6.60. The van der Waals surface area contributed by atoms with Crippen molar-refractivity contribution in [3.8, 4) is 16.9 Å². The Morgan fingerprint density at radius 2 is 1.81 bits per heavy atom. The van der Waals surface area contributed by atoms with Crippen LogP contribution >= 0.6 is 0 Å². The quantitative estimate of drug-likeness (QED) is 0.440. The van der Waals surface area contributed by atoms with E-state index in [1.54, 1.807) is 30.4 Å². The number of H-pyrrole nitrogens is 1. The first-order valence-electron chi connectivity index (χ1n) is 9.08. The monoisotopic (exact) mass is 443 g/mol.